The second-order valence-electron chi connectivity index (χ2n) is 6.21. The number of esters is 1. The lowest BCUT2D eigenvalue weighted by Crippen LogP contribution is -2.31. The predicted molar refractivity (Wildman–Crippen MR) is 102 cm³/mol. The van der Waals surface area contributed by atoms with Crippen molar-refractivity contribution in [3.8, 4) is 5.75 Å². The second-order valence-corrected chi connectivity index (χ2v) is 7.60. The Morgan fingerprint density at radius 3 is 2.52 bits per heavy atom. The monoisotopic (exact) mass is 422 g/mol. The van der Waals surface area contributed by atoms with Gasteiger partial charge in [-0.25, -0.2) is 4.79 Å². The van der Waals surface area contributed by atoms with E-state index in [4.69, 9.17) is 9.84 Å². The van der Waals surface area contributed by atoms with Crippen molar-refractivity contribution in [3.05, 3.63) is 41.6 Å². The highest BCUT2D eigenvalue weighted by Crippen LogP contribution is 2.38. The molecule has 29 heavy (non-hydrogen) atoms. The van der Waals surface area contributed by atoms with Crippen molar-refractivity contribution in [1.29, 1.82) is 0 Å². The number of nitrogens with zero attached hydrogens (tertiary/aromatic N) is 1. The fourth-order valence-electron chi connectivity index (χ4n) is 3.15. The van der Waals surface area contributed by atoms with Crippen LogP contribution in [0.3, 0.4) is 0 Å². The molecule has 2 aromatic rings. The van der Waals surface area contributed by atoms with Gasteiger partial charge < -0.3 is 25.2 Å². The first kappa shape index (κ1) is 20.6. The average Bonchev–Trinajstić information content (AvgIpc) is 2.98. The minimum atomic E-state index is -4.63. The number of ether oxygens (including phenoxy) is 1. The highest BCUT2D eigenvalue weighted by atomic mass is 32.2. The molecule has 4 N–H and O–H groups in total. The lowest BCUT2D eigenvalue weighted by Gasteiger charge is -2.17. The van der Waals surface area contributed by atoms with Gasteiger partial charge in [-0.2, -0.15) is 8.42 Å². The smallest absolute Gasteiger partial charge is 0.337 e. The van der Waals surface area contributed by atoms with Crippen molar-refractivity contribution in [2.24, 2.45) is 0 Å². The van der Waals surface area contributed by atoms with E-state index in [0.29, 0.717) is 0 Å². The summed E-state index contributed by atoms with van der Waals surface area (Å²) in [5.41, 5.74) is -0.192. The lowest BCUT2D eigenvalue weighted by atomic mass is 10.1. The molecule has 1 amide bonds. The summed E-state index contributed by atoms with van der Waals surface area (Å²) in [6.07, 6.45) is 0. The van der Waals surface area contributed by atoms with Crippen LogP contribution in [0.2, 0.25) is 0 Å². The number of carbonyl (C=O) groups is 2. The minimum Gasteiger partial charge on any atom is -0.506 e. The summed E-state index contributed by atoms with van der Waals surface area (Å²) in [5, 5.41) is 22.6. The number of nitrogens with one attached hydrogen (secondary N) is 1. The zero-order chi connectivity index (χ0) is 21.3. The van der Waals surface area contributed by atoms with E-state index in [9.17, 15) is 27.7 Å². The van der Waals surface area contributed by atoms with Gasteiger partial charge in [0, 0.05) is 23.4 Å². The number of methoxy groups -OCH3 is 1. The molecule has 3 rings (SSSR count). The Bertz CT molecular complexity index is 1140. The maximum absolute atomic E-state index is 12.7. The SMILES string of the molecule is COC(=O)C1=C(Nc2c(O)cc(S(=O)(=O)O)c3ccccc23)C(=O)N(CCO)C1. The number of hydrogen-bond donors (Lipinski definition) is 4. The Balaban J connectivity index is 2.18. The molecule has 0 radical (unpaired) electrons. The van der Waals surface area contributed by atoms with E-state index in [1.165, 1.54) is 17.0 Å². The fraction of sp³-hybridized carbons (Fsp3) is 0.222. The van der Waals surface area contributed by atoms with Gasteiger partial charge in [-0.05, 0) is 0 Å². The summed E-state index contributed by atoms with van der Waals surface area (Å²) in [5.74, 6) is -1.91. The summed E-state index contributed by atoms with van der Waals surface area (Å²) in [7, 11) is -3.48. The van der Waals surface area contributed by atoms with Crippen LogP contribution in [0.4, 0.5) is 5.69 Å². The van der Waals surface area contributed by atoms with Crippen LogP contribution in [0.25, 0.3) is 10.8 Å². The van der Waals surface area contributed by atoms with E-state index in [-0.39, 0.29) is 47.4 Å². The topological polar surface area (TPSA) is 153 Å². The molecule has 1 aliphatic rings. The number of β-amino-alcohol motifs (C(OH)–C–C–N with tert-alkyl or cyclic N) is 1. The Hall–Kier alpha value is -3.15. The van der Waals surface area contributed by atoms with Crippen LogP contribution < -0.4 is 5.32 Å². The quantitative estimate of drug-likeness (QED) is 0.295. The van der Waals surface area contributed by atoms with Crippen LogP contribution in [0.5, 0.6) is 5.75 Å². The maximum Gasteiger partial charge on any atom is 0.337 e. The van der Waals surface area contributed by atoms with Gasteiger partial charge >= 0.3 is 5.97 Å². The van der Waals surface area contributed by atoms with E-state index >= 15 is 0 Å². The first-order chi connectivity index (χ1) is 13.7. The largest absolute Gasteiger partial charge is 0.506 e. The van der Waals surface area contributed by atoms with Gasteiger partial charge in [0.2, 0.25) is 0 Å². The van der Waals surface area contributed by atoms with Crippen LogP contribution >= 0.6 is 0 Å². The van der Waals surface area contributed by atoms with E-state index in [2.05, 4.69) is 5.32 Å². The van der Waals surface area contributed by atoms with Crippen molar-refractivity contribution in [1.82, 2.24) is 4.90 Å². The second kappa shape index (κ2) is 7.70. The van der Waals surface area contributed by atoms with Gasteiger partial charge in [0.25, 0.3) is 16.0 Å². The van der Waals surface area contributed by atoms with E-state index < -0.39 is 32.6 Å². The van der Waals surface area contributed by atoms with E-state index in [1.807, 2.05) is 0 Å². The number of rotatable bonds is 6. The van der Waals surface area contributed by atoms with Crippen molar-refractivity contribution in [2.45, 2.75) is 4.90 Å². The molecule has 0 saturated carbocycles. The molecule has 0 fully saturated rings. The van der Waals surface area contributed by atoms with Gasteiger partial charge in [-0.1, -0.05) is 24.3 Å². The van der Waals surface area contributed by atoms with Crippen molar-refractivity contribution in [3.63, 3.8) is 0 Å². The number of anilines is 1. The summed E-state index contributed by atoms with van der Waals surface area (Å²) < 4.78 is 37.5. The van der Waals surface area contributed by atoms with Gasteiger partial charge in [-0.15, -0.1) is 0 Å². The molecular formula is C18H18N2O8S. The van der Waals surface area contributed by atoms with Crippen LogP contribution in [-0.2, 0) is 24.4 Å². The number of aliphatic hydroxyl groups excluding tert-OH is 1. The zero-order valence-corrected chi connectivity index (χ0v) is 16.1. The molecule has 11 heteroatoms. The Labute approximate surface area is 165 Å². The molecule has 0 spiro atoms. The molecule has 0 aliphatic carbocycles. The number of phenols is 1. The normalized spacial score (nSPS) is 14.6. The number of aromatic hydroxyl groups is 1. The minimum absolute atomic E-state index is 0.00622. The van der Waals surface area contributed by atoms with Crippen molar-refractivity contribution < 1.29 is 37.5 Å². The maximum atomic E-state index is 12.7. The van der Waals surface area contributed by atoms with Gasteiger partial charge in [-0.3, -0.25) is 9.35 Å². The number of aliphatic hydroxyl groups is 1. The third-order valence-electron chi connectivity index (χ3n) is 4.47. The van der Waals surface area contributed by atoms with Gasteiger partial charge in [0.15, 0.2) is 0 Å². The number of phenolic OH excluding ortho intramolecular Hbond substituents is 1. The molecule has 0 atom stereocenters. The van der Waals surface area contributed by atoms with Crippen molar-refractivity contribution >= 4 is 38.5 Å². The average molecular weight is 422 g/mol. The Morgan fingerprint density at radius 1 is 1.28 bits per heavy atom. The molecular weight excluding hydrogens is 404 g/mol. The molecule has 10 nitrogen and oxygen atoms in total. The first-order valence-electron chi connectivity index (χ1n) is 8.39. The highest BCUT2D eigenvalue weighted by Gasteiger charge is 2.35. The summed E-state index contributed by atoms with van der Waals surface area (Å²) in [4.78, 5) is 25.5. The number of carbonyl (C=O) groups excluding carboxylic acids is 2. The van der Waals surface area contributed by atoms with Crippen LogP contribution in [0, 0.1) is 0 Å². The molecule has 0 aromatic heterocycles. The molecule has 0 unspecified atom stereocenters. The first-order valence-corrected chi connectivity index (χ1v) is 9.83. The zero-order valence-electron chi connectivity index (χ0n) is 15.2. The fourth-order valence-corrected chi connectivity index (χ4v) is 3.86. The summed E-state index contributed by atoms with van der Waals surface area (Å²) in [6.45, 7) is -0.431. The van der Waals surface area contributed by atoms with Crippen molar-refractivity contribution in [2.75, 3.05) is 32.1 Å². The van der Waals surface area contributed by atoms with Crippen LogP contribution in [0.15, 0.2) is 46.5 Å². The van der Waals surface area contributed by atoms with Gasteiger partial charge in [0.1, 0.15) is 16.3 Å². The number of hydrogen-bond acceptors (Lipinski definition) is 8. The molecule has 154 valence electrons. The highest BCUT2D eigenvalue weighted by molar-refractivity contribution is 7.86. The standard InChI is InChI=1S/C18H18N2O8S/c1-28-18(24)12-9-20(6-7-21)17(23)16(12)19-15-11-5-3-2-4-10(11)14(8-13(15)22)29(25,26)27/h2-5,8,19,21-22H,6-7,9H2,1H3,(H,25,26,27). The third-order valence-corrected chi connectivity index (χ3v) is 5.36. The van der Waals surface area contributed by atoms with E-state index in [1.54, 1.807) is 12.1 Å². The third kappa shape index (κ3) is 3.75. The summed E-state index contributed by atoms with van der Waals surface area (Å²) >= 11 is 0. The van der Waals surface area contributed by atoms with Crippen LogP contribution in [0.1, 0.15) is 0 Å². The van der Waals surface area contributed by atoms with Crippen LogP contribution in [-0.4, -0.2) is 66.8 Å². The summed E-state index contributed by atoms with van der Waals surface area (Å²) in [6, 6.07) is 6.87. The predicted octanol–water partition coefficient (Wildman–Crippen LogP) is 0.466. The Kier molecular flexibility index (Phi) is 5.46. The Morgan fingerprint density at radius 2 is 1.93 bits per heavy atom. The molecule has 0 saturated heterocycles. The molecule has 1 heterocycles. The number of amides is 1. The number of fused-ring (bicyclic) bond motifs is 1. The van der Waals surface area contributed by atoms with E-state index in [0.717, 1.165) is 13.2 Å². The lowest BCUT2D eigenvalue weighted by molar-refractivity contribution is -0.136. The molecule has 2 aromatic carbocycles. The molecule has 0 bridgehead atoms. The number of benzene rings is 2. The van der Waals surface area contributed by atoms with Gasteiger partial charge in [0.05, 0.1) is 31.5 Å². The molecule has 1 aliphatic heterocycles.